The van der Waals surface area contributed by atoms with Crippen LogP contribution in [0, 0.1) is 0 Å². The van der Waals surface area contributed by atoms with Crippen molar-refractivity contribution in [3.63, 3.8) is 0 Å². The largest absolute Gasteiger partial charge is 0.484 e. The van der Waals surface area contributed by atoms with Gasteiger partial charge in [0, 0.05) is 18.5 Å². The lowest BCUT2D eigenvalue weighted by atomic mass is 10.2. The van der Waals surface area contributed by atoms with Crippen LogP contribution >= 0.6 is 0 Å². The Hall–Kier alpha value is -3.69. The molecule has 180 valence electrons. The van der Waals surface area contributed by atoms with Gasteiger partial charge in [0.2, 0.25) is 10.0 Å². The molecule has 35 heavy (non-hydrogen) atoms. The van der Waals surface area contributed by atoms with E-state index in [1.165, 1.54) is 0 Å². The molecule has 0 bridgehead atoms. The maximum Gasteiger partial charge on any atom is 0.263 e. The highest BCUT2D eigenvalue weighted by molar-refractivity contribution is 7.89. The monoisotopic (exact) mass is 490 g/mol. The summed E-state index contributed by atoms with van der Waals surface area (Å²) in [4.78, 5) is 12.8. The smallest absolute Gasteiger partial charge is 0.263 e. The van der Waals surface area contributed by atoms with Crippen molar-refractivity contribution in [2.45, 2.75) is 24.3 Å². The zero-order valence-corrected chi connectivity index (χ0v) is 19.9. The molecule has 0 unspecified atom stereocenters. The summed E-state index contributed by atoms with van der Waals surface area (Å²) in [5.74, 6) is 0.768. The normalized spacial score (nSPS) is 14.3. The van der Waals surface area contributed by atoms with Crippen molar-refractivity contribution in [3.05, 3.63) is 84.4 Å². The Morgan fingerprint density at radius 3 is 2.34 bits per heavy atom. The number of amides is 1. The van der Waals surface area contributed by atoms with E-state index in [-0.39, 0.29) is 12.5 Å². The number of benzene rings is 3. The number of nitrogens with zero attached hydrogens (tertiary/aromatic N) is 3. The number of ether oxygens (including phenoxy) is 1. The van der Waals surface area contributed by atoms with Crippen LogP contribution < -0.4 is 10.1 Å². The van der Waals surface area contributed by atoms with Crippen LogP contribution in [0.25, 0.3) is 10.9 Å². The number of para-hydroxylation sites is 2. The lowest BCUT2D eigenvalue weighted by Gasteiger charge is -2.15. The summed E-state index contributed by atoms with van der Waals surface area (Å²) in [7, 11) is -3.45. The van der Waals surface area contributed by atoms with Crippen molar-refractivity contribution < 1.29 is 17.9 Å². The summed E-state index contributed by atoms with van der Waals surface area (Å²) >= 11 is 0. The van der Waals surface area contributed by atoms with Crippen molar-refractivity contribution in [3.8, 4) is 5.75 Å². The molecule has 1 amide bonds. The average Bonchev–Trinajstić information content (AvgIpc) is 3.54. The predicted octanol–water partition coefficient (Wildman–Crippen LogP) is 3.89. The summed E-state index contributed by atoms with van der Waals surface area (Å²) in [5.41, 5.74) is 1.77. The summed E-state index contributed by atoms with van der Waals surface area (Å²) < 4.78 is 34.4. The number of hydrogen-bond donors (Lipinski definition) is 1. The lowest BCUT2D eigenvalue weighted by molar-refractivity contribution is -0.118. The molecule has 1 aliphatic heterocycles. The molecule has 1 N–H and O–H groups in total. The van der Waals surface area contributed by atoms with Crippen LogP contribution in [0.5, 0.6) is 5.75 Å². The van der Waals surface area contributed by atoms with Crippen molar-refractivity contribution in [2.24, 2.45) is 0 Å². The number of nitrogens with one attached hydrogen (secondary N) is 1. The Balaban J connectivity index is 1.31. The van der Waals surface area contributed by atoms with E-state index in [1.807, 2.05) is 54.6 Å². The van der Waals surface area contributed by atoms with Gasteiger partial charge in [0.15, 0.2) is 12.4 Å². The Morgan fingerprint density at radius 2 is 1.60 bits per heavy atom. The van der Waals surface area contributed by atoms with Gasteiger partial charge < -0.3 is 10.1 Å². The molecule has 5 rings (SSSR count). The molecule has 1 aliphatic rings. The zero-order chi connectivity index (χ0) is 24.3. The molecule has 2 heterocycles. The molecule has 3 aromatic carbocycles. The first-order valence-electron chi connectivity index (χ1n) is 11.5. The minimum Gasteiger partial charge on any atom is -0.484 e. The topological polar surface area (TPSA) is 93.5 Å². The Morgan fingerprint density at radius 1 is 0.914 bits per heavy atom. The van der Waals surface area contributed by atoms with E-state index >= 15 is 0 Å². The molecule has 0 spiro atoms. The fourth-order valence-electron chi connectivity index (χ4n) is 4.19. The third kappa shape index (κ3) is 5.06. The number of anilines is 1. The van der Waals surface area contributed by atoms with Crippen LogP contribution in [-0.2, 0) is 21.4 Å². The van der Waals surface area contributed by atoms with Crippen LogP contribution in [0.2, 0.25) is 0 Å². The number of carbonyl (C=O) groups is 1. The highest BCUT2D eigenvalue weighted by Gasteiger charge is 2.27. The van der Waals surface area contributed by atoms with E-state index in [0.717, 1.165) is 29.3 Å². The van der Waals surface area contributed by atoms with E-state index in [2.05, 4.69) is 10.4 Å². The van der Waals surface area contributed by atoms with Gasteiger partial charge in [-0.05, 0) is 54.8 Å². The number of sulfonamides is 1. The Kier molecular flexibility index (Phi) is 6.52. The summed E-state index contributed by atoms with van der Waals surface area (Å²) in [5, 5.41) is 8.27. The minimum atomic E-state index is -3.45. The highest BCUT2D eigenvalue weighted by Crippen LogP contribution is 2.25. The van der Waals surface area contributed by atoms with Crippen LogP contribution in [0.15, 0.2) is 83.8 Å². The molecule has 0 aliphatic carbocycles. The summed E-state index contributed by atoms with van der Waals surface area (Å²) in [6.45, 7) is 1.46. The second-order valence-electron chi connectivity index (χ2n) is 8.43. The fourth-order valence-corrected chi connectivity index (χ4v) is 5.71. The second kappa shape index (κ2) is 9.89. The van der Waals surface area contributed by atoms with Gasteiger partial charge in [-0.15, -0.1) is 0 Å². The minimum absolute atomic E-state index is 0.127. The number of rotatable bonds is 8. The number of aromatic nitrogens is 2. The second-order valence-corrected chi connectivity index (χ2v) is 10.4. The Bertz CT molecular complexity index is 1430. The SMILES string of the molecule is O=C(COc1ccccc1)Nc1nn(Cc2ccc(S(=O)(=O)N3CCCC3)cc2)c2ccccc12. The van der Waals surface area contributed by atoms with Gasteiger partial charge in [0.1, 0.15) is 5.75 Å². The number of hydrogen-bond acceptors (Lipinski definition) is 5. The maximum atomic E-state index is 12.8. The third-order valence-electron chi connectivity index (χ3n) is 5.99. The highest BCUT2D eigenvalue weighted by atomic mass is 32.2. The maximum absolute atomic E-state index is 12.8. The zero-order valence-electron chi connectivity index (χ0n) is 19.1. The van der Waals surface area contributed by atoms with Crippen LogP contribution in [0.3, 0.4) is 0 Å². The molecule has 1 saturated heterocycles. The van der Waals surface area contributed by atoms with Gasteiger partial charge >= 0.3 is 0 Å². The van der Waals surface area contributed by atoms with Crippen molar-refractivity contribution >= 4 is 32.7 Å². The van der Waals surface area contributed by atoms with Gasteiger partial charge in [-0.1, -0.05) is 42.5 Å². The third-order valence-corrected chi connectivity index (χ3v) is 7.90. The molecular formula is C26H26N4O4S. The molecule has 1 fully saturated rings. The van der Waals surface area contributed by atoms with Gasteiger partial charge in [0.25, 0.3) is 5.91 Å². The lowest BCUT2D eigenvalue weighted by Crippen LogP contribution is -2.27. The van der Waals surface area contributed by atoms with E-state index < -0.39 is 10.0 Å². The number of fused-ring (bicyclic) bond motifs is 1. The quantitative estimate of drug-likeness (QED) is 0.405. The van der Waals surface area contributed by atoms with Gasteiger partial charge in [-0.2, -0.15) is 9.40 Å². The first-order valence-corrected chi connectivity index (χ1v) is 13.0. The molecular weight excluding hydrogens is 464 g/mol. The van der Waals surface area contributed by atoms with Gasteiger partial charge in [0.05, 0.1) is 17.0 Å². The van der Waals surface area contributed by atoms with E-state index in [0.29, 0.717) is 36.1 Å². The predicted molar refractivity (Wildman–Crippen MR) is 134 cm³/mol. The standard InChI is InChI=1S/C26H26N4O4S/c31-25(19-34-21-8-2-1-3-9-21)27-26-23-10-4-5-11-24(23)30(28-26)18-20-12-14-22(15-13-20)35(32,33)29-16-6-7-17-29/h1-5,8-15H,6-7,16-19H2,(H,27,28,31). The fraction of sp³-hybridized carbons (Fsp3) is 0.231. The van der Waals surface area contributed by atoms with Crippen LogP contribution in [0.1, 0.15) is 18.4 Å². The summed E-state index contributed by atoms with van der Waals surface area (Å²) in [6, 6.07) is 23.7. The first-order chi connectivity index (χ1) is 17.0. The van der Waals surface area contributed by atoms with Crippen molar-refractivity contribution in [1.29, 1.82) is 0 Å². The van der Waals surface area contributed by atoms with E-state index in [4.69, 9.17) is 4.74 Å². The van der Waals surface area contributed by atoms with Gasteiger partial charge in [-0.25, -0.2) is 8.42 Å². The molecule has 0 radical (unpaired) electrons. The molecule has 1 aromatic heterocycles. The summed E-state index contributed by atoms with van der Waals surface area (Å²) in [6.07, 6.45) is 1.81. The molecule has 0 atom stereocenters. The number of carbonyl (C=O) groups excluding carboxylic acids is 1. The first kappa shape index (κ1) is 23.1. The van der Waals surface area contributed by atoms with Crippen molar-refractivity contribution in [2.75, 3.05) is 25.0 Å². The molecule has 9 heteroatoms. The van der Waals surface area contributed by atoms with Gasteiger partial charge in [-0.3, -0.25) is 9.48 Å². The average molecular weight is 491 g/mol. The Labute approximate surface area is 204 Å². The van der Waals surface area contributed by atoms with Crippen molar-refractivity contribution in [1.82, 2.24) is 14.1 Å². The van der Waals surface area contributed by atoms with E-state index in [1.54, 1.807) is 33.3 Å². The van der Waals surface area contributed by atoms with E-state index in [9.17, 15) is 13.2 Å². The molecule has 8 nitrogen and oxygen atoms in total. The van der Waals surface area contributed by atoms with Crippen LogP contribution in [0.4, 0.5) is 5.82 Å². The van der Waals surface area contributed by atoms with Crippen LogP contribution in [-0.4, -0.2) is 48.1 Å². The molecule has 0 saturated carbocycles. The molecule has 4 aromatic rings.